The van der Waals surface area contributed by atoms with Crippen LogP contribution in [0.3, 0.4) is 0 Å². The smallest absolute Gasteiger partial charge is 0.278 e. The van der Waals surface area contributed by atoms with Gasteiger partial charge in [0.15, 0.2) is 0 Å². The Hall–Kier alpha value is -3.28. The lowest BCUT2D eigenvalue weighted by Gasteiger charge is -2.32. The highest BCUT2D eigenvalue weighted by Crippen LogP contribution is 2.36. The molecular weight excluding hydrogens is 404 g/mol. The zero-order valence-electron chi connectivity index (χ0n) is 19.0. The summed E-state index contributed by atoms with van der Waals surface area (Å²) < 4.78 is 11.0. The molecule has 2 aliphatic rings. The quantitative estimate of drug-likeness (QED) is 0.614. The van der Waals surface area contributed by atoms with Crippen molar-refractivity contribution in [1.82, 2.24) is 9.80 Å². The number of methoxy groups -OCH3 is 1. The fourth-order valence-electron chi connectivity index (χ4n) is 4.38. The maximum atomic E-state index is 13.6. The number of carbonyl (C=O) groups is 2. The SMILES string of the molecule is CCOc1ccc(C2=C(N3CCC(C)CC3)C(=O)N(Cc3ccccc3OC)C2=O)cc1. The summed E-state index contributed by atoms with van der Waals surface area (Å²) in [7, 11) is 1.59. The van der Waals surface area contributed by atoms with Gasteiger partial charge in [-0.05, 0) is 49.4 Å². The molecule has 0 atom stereocenters. The Morgan fingerprint density at radius 2 is 1.66 bits per heavy atom. The van der Waals surface area contributed by atoms with Gasteiger partial charge in [-0.1, -0.05) is 37.3 Å². The van der Waals surface area contributed by atoms with Crippen molar-refractivity contribution in [2.75, 3.05) is 26.8 Å². The molecule has 0 radical (unpaired) electrons. The third-order valence-electron chi connectivity index (χ3n) is 6.22. The summed E-state index contributed by atoms with van der Waals surface area (Å²) in [5.74, 6) is 1.53. The molecule has 0 saturated carbocycles. The Balaban J connectivity index is 1.71. The van der Waals surface area contributed by atoms with Crippen LogP contribution in [0, 0.1) is 5.92 Å². The first-order chi connectivity index (χ1) is 15.5. The van der Waals surface area contributed by atoms with Crippen molar-refractivity contribution < 1.29 is 19.1 Å². The van der Waals surface area contributed by atoms with Crippen molar-refractivity contribution in [2.24, 2.45) is 5.92 Å². The fourth-order valence-corrected chi connectivity index (χ4v) is 4.38. The number of carbonyl (C=O) groups excluding carboxylic acids is 2. The number of ether oxygens (including phenoxy) is 2. The van der Waals surface area contributed by atoms with E-state index in [1.54, 1.807) is 7.11 Å². The highest BCUT2D eigenvalue weighted by molar-refractivity contribution is 6.35. The van der Waals surface area contributed by atoms with Crippen LogP contribution in [0.1, 0.15) is 37.8 Å². The summed E-state index contributed by atoms with van der Waals surface area (Å²) in [6.07, 6.45) is 2.02. The third kappa shape index (κ3) is 4.22. The number of hydrogen-bond acceptors (Lipinski definition) is 5. The minimum Gasteiger partial charge on any atom is -0.496 e. The molecule has 2 aromatic rings. The minimum absolute atomic E-state index is 0.177. The molecule has 0 bridgehead atoms. The van der Waals surface area contributed by atoms with Crippen LogP contribution in [0.15, 0.2) is 54.2 Å². The fraction of sp³-hybridized carbons (Fsp3) is 0.385. The van der Waals surface area contributed by atoms with E-state index in [0.717, 1.165) is 42.8 Å². The molecule has 2 aliphatic heterocycles. The van der Waals surface area contributed by atoms with Gasteiger partial charge in [0.1, 0.15) is 17.2 Å². The van der Waals surface area contributed by atoms with Crippen molar-refractivity contribution in [3.63, 3.8) is 0 Å². The molecule has 168 valence electrons. The normalized spacial score (nSPS) is 17.3. The van der Waals surface area contributed by atoms with Crippen LogP contribution in [-0.4, -0.2) is 48.4 Å². The van der Waals surface area contributed by atoms with E-state index >= 15 is 0 Å². The monoisotopic (exact) mass is 434 g/mol. The van der Waals surface area contributed by atoms with Crippen LogP contribution < -0.4 is 9.47 Å². The minimum atomic E-state index is -0.265. The van der Waals surface area contributed by atoms with E-state index in [1.165, 1.54) is 4.90 Å². The predicted octanol–water partition coefficient (Wildman–Crippen LogP) is 4.11. The first kappa shape index (κ1) is 21.9. The number of amides is 2. The molecule has 2 heterocycles. The van der Waals surface area contributed by atoms with E-state index in [9.17, 15) is 9.59 Å². The van der Waals surface area contributed by atoms with Crippen molar-refractivity contribution >= 4 is 17.4 Å². The van der Waals surface area contributed by atoms with Crippen LogP contribution in [0.2, 0.25) is 0 Å². The molecule has 0 aromatic heterocycles. The Labute approximate surface area is 189 Å². The topological polar surface area (TPSA) is 59.1 Å². The lowest BCUT2D eigenvalue weighted by Crippen LogP contribution is -2.38. The first-order valence-corrected chi connectivity index (χ1v) is 11.2. The number of benzene rings is 2. The van der Waals surface area contributed by atoms with E-state index < -0.39 is 0 Å². The molecule has 0 N–H and O–H groups in total. The Bertz CT molecular complexity index is 1020. The standard InChI is InChI=1S/C26H30N2O4/c1-4-32-21-11-9-19(10-12-21)23-24(27-15-13-18(2)14-16-27)26(30)28(25(23)29)17-20-7-5-6-8-22(20)31-3/h5-12,18H,4,13-17H2,1-3H3. The summed E-state index contributed by atoms with van der Waals surface area (Å²) in [5.41, 5.74) is 2.53. The van der Waals surface area contributed by atoms with Crippen molar-refractivity contribution in [3.8, 4) is 11.5 Å². The average Bonchev–Trinajstić information content (AvgIpc) is 3.05. The number of para-hydroxylation sites is 1. The van der Waals surface area contributed by atoms with Gasteiger partial charge in [-0.15, -0.1) is 0 Å². The second-order valence-electron chi connectivity index (χ2n) is 8.36. The average molecular weight is 435 g/mol. The van der Waals surface area contributed by atoms with Gasteiger partial charge in [0.2, 0.25) is 0 Å². The van der Waals surface area contributed by atoms with Crippen molar-refractivity contribution in [2.45, 2.75) is 33.2 Å². The van der Waals surface area contributed by atoms with Gasteiger partial charge in [-0.2, -0.15) is 0 Å². The van der Waals surface area contributed by atoms with Gasteiger partial charge < -0.3 is 14.4 Å². The van der Waals surface area contributed by atoms with Gasteiger partial charge in [-0.3, -0.25) is 14.5 Å². The van der Waals surface area contributed by atoms with E-state index in [2.05, 4.69) is 11.8 Å². The molecule has 0 spiro atoms. The summed E-state index contributed by atoms with van der Waals surface area (Å²) in [6.45, 7) is 6.46. The lowest BCUT2D eigenvalue weighted by molar-refractivity contribution is -0.138. The molecule has 6 nitrogen and oxygen atoms in total. The van der Waals surface area contributed by atoms with Gasteiger partial charge >= 0.3 is 0 Å². The van der Waals surface area contributed by atoms with Crippen molar-refractivity contribution in [1.29, 1.82) is 0 Å². The van der Waals surface area contributed by atoms with Crippen LogP contribution in [-0.2, 0) is 16.1 Å². The number of imide groups is 1. The van der Waals surface area contributed by atoms with Gasteiger partial charge in [0, 0.05) is 18.7 Å². The molecule has 0 unspecified atom stereocenters. The first-order valence-electron chi connectivity index (χ1n) is 11.2. The molecule has 32 heavy (non-hydrogen) atoms. The molecule has 1 saturated heterocycles. The summed E-state index contributed by atoms with van der Waals surface area (Å²) >= 11 is 0. The van der Waals surface area contributed by atoms with E-state index in [-0.39, 0.29) is 18.4 Å². The molecule has 2 aromatic carbocycles. The number of hydrogen-bond donors (Lipinski definition) is 0. The maximum Gasteiger partial charge on any atom is 0.278 e. The highest BCUT2D eigenvalue weighted by Gasteiger charge is 2.42. The van der Waals surface area contributed by atoms with Gasteiger partial charge in [0.25, 0.3) is 11.8 Å². The molecule has 4 rings (SSSR count). The van der Waals surface area contributed by atoms with Gasteiger partial charge in [0.05, 0.1) is 25.8 Å². The lowest BCUT2D eigenvalue weighted by atomic mass is 9.97. The van der Waals surface area contributed by atoms with Crippen LogP contribution in [0.25, 0.3) is 5.57 Å². The Morgan fingerprint density at radius 1 is 0.969 bits per heavy atom. The number of piperidine rings is 1. The summed E-state index contributed by atoms with van der Waals surface area (Å²) in [5, 5.41) is 0. The van der Waals surface area contributed by atoms with E-state index in [1.807, 2.05) is 55.5 Å². The van der Waals surface area contributed by atoms with E-state index in [0.29, 0.717) is 29.5 Å². The highest BCUT2D eigenvalue weighted by atomic mass is 16.5. The second kappa shape index (κ2) is 9.47. The zero-order chi connectivity index (χ0) is 22.7. The molecule has 1 fully saturated rings. The number of likely N-dealkylation sites (tertiary alicyclic amines) is 1. The number of nitrogens with zero attached hydrogens (tertiary/aromatic N) is 2. The van der Waals surface area contributed by atoms with Crippen LogP contribution in [0.5, 0.6) is 11.5 Å². The molecule has 0 aliphatic carbocycles. The van der Waals surface area contributed by atoms with Crippen LogP contribution >= 0.6 is 0 Å². The second-order valence-corrected chi connectivity index (χ2v) is 8.36. The maximum absolute atomic E-state index is 13.6. The molecule has 2 amide bonds. The summed E-state index contributed by atoms with van der Waals surface area (Å²) in [4.78, 5) is 30.6. The zero-order valence-corrected chi connectivity index (χ0v) is 19.0. The van der Waals surface area contributed by atoms with Gasteiger partial charge in [-0.25, -0.2) is 0 Å². The number of rotatable bonds is 7. The predicted molar refractivity (Wildman–Crippen MR) is 123 cm³/mol. The largest absolute Gasteiger partial charge is 0.496 e. The van der Waals surface area contributed by atoms with E-state index in [4.69, 9.17) is 9.47 Å². The van der Waals surface area contributed by atoms with Crippen molar-refractivity contribution in [3.05, 3.63) is 65.4 Å². The Morgan fingerprint density at radius 3 is 2.31 bits per heavy atom. The molecule has 6 heteroatoms. The summed E-state index contributed by atoms with van der Waals surface area (Å²) in [6, 6.07) is 14.9. The third-order valence-corrected chi connectivity index (χ3v) is 6.22. The van der Waals surface area contributed by atoms with Crippen LogP contribution in [0.4, 0.5) is 0 Å². The Kier molecular flexibility index (Phi) is 6.49. The molecular formula is C26H30N2O4.